The largest absolute Gasteiger partial charge is 0.342 e. The standard InChI is InChI=1S/C15H21BrN2O/c1-17-10-13-7-8-18(11-13)15(19)6-5-12-3-2-4-14(16)9-12/h2-4,9,13,17H,5-8,10-11H2,1H3. The predicted octanol–water partition coefficient (Wildman–Crippen LogP) is 2.45. The van der Waals surface area contributed by atoms with Gasteiger partial charge in [0.2, 0.25) is 5.91 Å². The molecule has 0 aliphatic carbocycles. The summed E-state index contributed by atoms with van der Waals surface area (Å²) in [7, 11) is 1.97. The molecule has 0 radical (unpaired) electrons. The zero-order valence-electron chi connectivity index (χ0n) is 11.4. The lowest BCUT2D eigenvalue weighted by Crippen LogP contribution is -2.30. The minimum absolute atomic E-state index is 0.290. The molecule has 1 aromatic carbocycles. The second-order valence-electron chi connectivity index (χ2n) is 5.18. The number of hydrogen-bond donors (Lipinski definition) is 1. The normalized spacial score (nSPS) is 18.8. The number of carbonyl (C=O) groups excluding carboxylic acids is 1. The van der Waals surface area contributed by atoms with Crippen LogP contribution in [-0.4, -0.2) is 37.5 Å². The second-order valence-corrected chi connectivity index (χ2v) is 6.10. The molecule has 4 heteroatoms. The number of benzene rings is 1. The Morgan fingerprint density at radius 2 is 2.37 bits per heavy atom. The Labute approximate surface area is 123 Å². The summed E-state index contributed by atoms with van der Waals surface area (Å²) >= 11 is 3.46. The minimum atomic E-state index is 0.290. The molecule has 1 aromatic rings. The number of carbonyl (C=O) groups is 1. The number of nitrogens with zero attached hydrogens (tertiary/aromatic N) is 1. The first-order valence-electron chi connectivity index (χ1n) is 6.86. The first-order chi connectivity index (χ1) is 9.19. The van der Waals surface area contributed by atoms with Crippen LogP contribution in [0.25, 0.3) is 0 Å². The SMILES string of the molecule is CNCC1CCN(C(=O)CCc2cccc(Br)c2)C1. The van der Waals surface area contributed by atoms with Crippen molar-refractivity contribution in [3.63, 3.8) is 0 Å². The third kappa shape index (κ3) is 4.32. The van der Waals surface area contributed by atoms with E-state index in [0.29, 0.717) is 18.2 Å². The van der Waals surface area contributed by atoms with E-state index in [1.165, 1.54) is 5.56 Å². The molecule has 19 heavy (non-hydrogen) atoms. The Balaban J connectivity index is 1.79. The van der Waals surface area contributed by atoms with Crippen molar-refractivity contribution in [1.82, 2.24) is 10.2 Å². The molecular weight excluding hydrogens is 304 g/mol. The van der Waals surface area contributed by atoms with Crippen molar-refractivity contribution in [3.05, 3.63) is 34.3 Å². The molecule has 1 aliphatic heterocycles. The zero-order chi connectivity index (χ0) is 13.7. The third-order valence-electron chi connectivity index (χ3n) is 3.65. The molecule has 0 bridgehead atoms. The summed E-state index contributed by atoms with van der Waals surface area (Å²) in [4.78, 5) is 14.2. The maximum Gasteiger partial charge on any atom is 0.222 e. The predicted molar refractivity (Wildman–Crippen MR) is 81.1 cm³/mol. The number of rotatable bonds is 5. The summed E-state index contributed by atoms with van der Waals surface area (Å²) in [5.41, 5.74) is 1.22. The van der Waals surface area contributed by atoms with E-state index in [-0.39, 0.29) is 0 Å². The zero-order valence-corrected chi connectivity index (χ0v) is 12.9. The molecule has 0 saturated carbocycles. The summed E-state index contributed by atoms with van der Waals surface area (Å²) in [6.45, 7) is 2.84. The highest BCUT2D eigenvalue weighted by atomic mass is 79.9. The quantitative estimate of drug-likeness (QED) is 0.902. The van der Waals surface area contributed by atoms with Crippen molar-refractivity contribution in [2.75, 3.05) is 26.7 Å². The first kappa shape index (κ1) is 14.5. The average molecular weight is 325 g/mol. The first-order valence-corrected chi connectivity index (χ1v) is 7.65. The fourth-order valence-electron chi connectivity index (χ4n) is 2.62. The minimum Gasteiger partial charge on any atom is -0.342 e. The summed E-state index contributed by atoms with van der Waals surface area (Å²) < 4.78 is 1.08. The maximum atomic E-state index is 12.1. The molecule has 1 N–H and O–H groups in total. The Hall–Kier alpha value is -0.870. The smallest absolute Gasteiger partial charge is 0.222 e. The van der Waals surface area contributed by atoms with Crippen molar-refractivity contribution < 1.29 is 4.79 Å². The van der Waals surface area contributed by atoms with E-state index < -0.39 is 0 Å². The van der Waals surface area contributed by atoms with Gasteiger partial charge >= 0.3 is 0 Å². The van der Waals surface area contributed by atoms with Gasteiger partial charge in [0.25, 0.3) is 0 Å². The van der Waals surface area contributed by atoms with Crippen LogP contribution in [0.15, 0.2) is 28.7 Å². The van der Waals surface area contributed by atoms with E-state index in [1.807, 2.05) is 24.1 Å². The maximum absolute atomic E-state index is 12.1. The lowest BCUT2D eigenvalue weighted by atomic mass is 10.1. The number of likely N-dealkylation sites (tertiary alicyclic amines) is 1. The van der Waals surface area contributed by atoms with Gasteiger partial charge in [0, 0.05) is 24.0 Å². The summed E-state index contributed by atoms with van der Waals surface area (Å²) in [5, 5.41) is 3.19. The fraction of sp³-hybridized carbons (Fsp3) is 0.533. The highest BCUT2D eigenvalue weighted by Gasteiger charge is 2.25. The van der Waals surface area contributed by atoms with Gasteiger partial charge in [0.15, 0.2) is 0 Å². The van der Waals surface area contributed by atoms with Gasteiger partial charge in [-0.15, -0.1) is 0 Å². The van der Waals surface area contributed by atoms with Crippen molar-refractivity contribution in [3.8, 4) is 0 Å². The van der Waals surface area contributed by atoms with E-state index >= 15 is 0 Å². The van der Waals surface area contributed by atoms with E-state index in [9.17, 15) is 4.79 Å². The van der Waals surface area contributed by atoms with Crippen LogP contribution in [0.5, 0.6) is 0 Å². The van der Waals surface area contributed by atoms with E-state index in [4.69, 9.17) is 0 Å². The van der Waals surface area contributed by atoms with Gasteiger partial charge in [-0.3, -0.25) is 4.79 Å². The van der Waals surface area contributed by atoms with E-state index in [0.717, 1.165) is 36.9 Å². The van der Waals surface area contributed by atoms with Crippen LogP contribution in [0.2, 0.25) is 0 Å². The van der Waals surface area contributed by atoms with Gasteiger partial charge < -0.3 is 10.2 Å². The Bertz CT molecular complexity index is 436. The van der Waals surface area contributed by atoms with Gasteiger partial charge in [-0.25, -0.2) is 0 Å². The van der Waals surface area contributed by atoms with Gasteiger partial charge in [0.05, 0.1) is 0 Å². The number of aryl methyl sites for hydroxylation is 1. The van der Waals surface area contributed by atoms with Crippen LogP contribution in [0.1, 0.15) is 18.4 Å². The van der Waals surface area contributed by atoms with Crippen LogP contribution in [0, 0.1) is 5.92 Å². The molecule has 3 nitrogen and oxygen atoms in total. The molecule has 104 valence electrons. The number of halogens is 1. The molecule has 0 aromatic heterocycles. The van der Waals surface area contributed by atoms with Crippen molar-refractivity contribution in [2.45, 2.75) is 19.3 Å². The van der Waals surface area contributed by atoms with Crippen molar-refractivity contribution in [1.29, 1.82) is 0 Å². The number of hydrogen-bond acceptors (Lipinski definition) is 2. The number of amides is 1. The van der Waals surface area contributed by atoms with E-state index in [1.54, 1.807) is 0 Å². The Morgan fingerprint density at radius 3 is 3.11 bits per heavy atom. The molecule has 1 aliphatic rings. The molecule has 1 fully saturated rings. The van der Waals surface area contributed by atoms with Gasteiger partial charge in [-0.2, -0.15) is 0 Å². The molecule has 2 rings (SSSR count). The molecular formula is C15H21BrN2O. The van der Waals surface area contributed by atoms with Crippen molar-refractivity contribution >= 4 is 21.8 Å². The molecule has 1 atom stereocenters. The van der Waals surface area contributed by atoms with Gasteiger partial charge in [0.1, 0.15) is 0 Å². The monoisotopic (exact) mass is 324 g/mol. The highest BCUT2D eigenvalue weighted by molar-refractivity contribution is 9.10. The highest BCUT2D eigenvalue weighted by Crippen LogP contribution is 2.18. The number of nitrogens with one attached hydrogen (secondary N) is 1. The van der Waals surface area contributed by atoms with E-state index in [2.05, 4.69) is 33.4 Å². The molecule has 1 unspecified atom stereocenters. The molecule has 1 amide bonds. The van der Waals surface area contributed by atoms with Crippen LogP contribution in [0.4, 0.5) is 0 Å². The van der Waals surface area contributed by atoms with Gasteiger partial charge in [-0.1, -0.05) is 28.1 Å². The van der Waals surface area contributed by atoms with Crippen LogP contribution in [0.3, 0.4) is 0 Å². The fourth-order valence-corrected chi connectivity index (χ4v) is 3.06. The third-order valence-corrected chi connectivity index (χ3v) is 4.14. The summed E-state index contributed by atoms with van der Waals surface area (Å²) in [6, 6.07) is 8.18. The van der Waals surface area contributed by atoms with Gasteiger partial charge in [-0.05, 0) is 50.0 Å². The molecule has 0 spiro atoms. The topological polar surface area (TPSA) is 32.3 Å². The van der Waals surface area contributed by atoms with Crippen LogP contribution >= 0.6 is 15.9 Å². The Morgan fingerprint density at radius 1 is 1.53 bits per heavy atom. The molecule has 1 saturated heterocycles. The second kappa shape index (κ2) is 7.06. The van der Waals surface area contributed by atoms with Crippen molar-refractivity contribution in [2.24, 2.45) is 5.92 Å². The summed E-state index contributed by atoms with van der Waals surface area (Å²) in [6.07, 6.45) is 2.57. The lowest BCUT2D eigenvalue weighted by Gasteiger charge is -2.16. The summed E-state index contributed by atoms with van der Waals surface area (Å²) in [5.74, 6) is 0.915. The van der Waals surface area contributed by atoms with Crippen LogP contribution < -0.4 is 5.32 Å². The molecule has 1 heterocycles. The Kier molecular flexibility index (Phi) is 5.40. The lowest BCUT2D eigenvalue weighted by molar-refractivity contribution is -0.130. The average Bonchev–Trinajstić information content (AvgIpc) is 2.85. The van der Waals surface area contributed by atoms with Crippen LogP contribution in [-0.2, 0) is 11.2 Å².